The van der Waals surface area contributed by atoms with Gasteiger partial charge in [0.1, 0.15) is 0 Å². The van der Waals surface area contributed by atoms with Crippen LogP contribution in [-0.4, -0.2) is 11.5 Å². The molecule has 1 aromatic heterocycles. The summed E-state index contributed by atoms with van der Waals surface area (Å²) in [5.74, 6) is 0. The van der Waals surface area contributed by atoms with E-state index in [-0.39, 0.29) is 0 Å². The molecule has 1 aromatic rings. The molecule has 0 aliphatic rings. The van der Waals surface area contributed by atoms with E-state index in [9.17, 15) is 0 Å². The molecule has 0 radical (unpaired) electrons. The lowest BCUT2D eigenvalue weighted by molar-refractivity contribution is 0.985. The lowest BCUT2D eigenvalue weighted by Gasteiger charge is -1.98. The molecule has 0 fully saturated rings. The number of rotatable bonds is 2. The quantitative estimate of drug-likeness (QED) is 0.765. The molecule has 1 heterocycles. The van der Waals surface area contributed by atoms with Crippen molar-refractivity contribution in [2.24, 2.45) is 0 Å². The predicted octanol–water partition coefficient (Wildman–Crippen LogP) is 3.07. The Morgan fingerprint density at radius 2 is 2.25 bits per heavy atom. The first-order valence-corrected chi connectivity index (χ1v) is 4.96. The van der Waals surface area contributed by atoms with E-state index in [1.807, 2.05) is 6.07 Å². The second-order valence-corrected chi connectivity index (χ2v) is 3.98. The fraction of sp³-hybridized carbons (Fsp3) is 0.250. The van der Waals surface area contributed by atoms with Crippen molar-refractivity contribution >= 4 is 31.9 Å². The maximum atomic E-state index is 6.64. The van der Waals surface area contributed by atoms with Crippen molar-refractivity contribution in [2.75, 3.05) is 6.54 Å². The summed E-state index contributed by atoms with van der Waals surface area (Å²) in [6.07, 6.45) is 2.45. The summed E-state index contributed by atoms with van der Waals surface area (Å²) in [5, 5.41) is 0. The summed E-state index contributed by atoms with van der Waals surface area (Å²) in [7, 11) is 0. The monoisotopic (exact) mass is 288 g/mol. The van der Waals surface area contributed by atoms with Gasteiger partial charge in [-0.1, -0.05) is 0 Å². The SMILES string of the molecule is [C-]#[N+]CCc1ncc(Br)cc1Br. The molecule has 0 spiro atoms. The Labute approximate surface area is 88.1 Å². The summed E-state index contributed by atoms with van der Waals surface area (Å²) < 4.78 is 1.90. The average molecular weight is 290 g/mol. The van der Waals surface area contributed by atoms with Gasteiger partial charge in [0.25, 0.3) is 0 Å². The molecule has 0 atom stereocenters. The predicted molar refractivity (Wildman–Crippen MR) is 54.8 cm³/mol. The fourth-order valence-corrected chi connectivity index (χ4v) is 1.97. The molecule has 0 aliphatic heterocycles. The van der Waals surface area contributed by atoms with Crippen LogP contribution in [0.5, 0.6) is 0 Å². The van der Waals surface area contributed by atoms with E-state index >= 15 is 0 Å². The number of halogens is 2. The van der Waals surface area contributed by atoms with Crippen molar-refractivity contribution in [1.29, 1.82) is 0 Å². The van der Waals surface area contributed by atoms with Gasteiger partial charge in [-0.15, -0.1) is 0 Å². The third-order valence-electron chi connectivity index (χ3n) is 1.34. The number of hydrogen-bond acceptors (Lipinski definition) is 1. The highest BCUT2D eigenvalue weighted by Gasteiger charge is 2.02. The van der Waals surface area contributed by atoms with Crippen molar-refractivity contribution < 1.29 is 0 Å². The Morgan fingerprint density at radius 3 is 2.83 bits per heavy atom. The van der Waals surface area contributed by atoms with Crippen LogP contribution < -0.4 is 0 Å². The first kappa shape index (κ1) is 9.69. The molecule has 12 heavy (non-hydrogen) atoms. The smallest absolute Gasteiger partial charge is 0.220 e. The van der Waals surface area contributed by atoms with Crippen LogP contribution in [0.2, 0.25) is 0 Å². The van der Waals surface area contributed by atoms with Gasteiger partial charge in [0.05, 0.1) is 12.1 Å². The summed E-state index contributed by atoms with van der Waals surface area (Å²) in [6, 6.07) is 1.94. The molecule has 1 rings (SSSR count). The van der Waals surface area contributed by atoms with Crippen LogP contribution in [0.4, 0.5) is 0 Å². The zero-order valence-corrected chi connectivity index (χ0v) is 9.39. The number of hydrogen-bond donors (Lipinski definition) is 0. The van der Waals surface area contributed by atoms with Crippen LogP contribution in [-0.2, 0) is 6.42 Å². The van der Waals surface area contributed by atoms with Crippen LogP contribution in [0.15, 0.2) is 21.2 Å². The highest BCUT2D eigenvalue weighted by atomic mass is 79.9. The molecule has 0 aliphatic carbocycles. The zero-order valence-electron chi connectivity index (χ0n) is 6.22. The van der Waals surface area contributed by atoms with Crippen molar-refractivity contribution in [2.45, 2.75) is 6.42 Å². The molecular weight excluding hydrogens is 284 g/mol. The number of pyridine rings is 1. The van der Waals surface area contributed by atoms with Crippen LogP contribution in [0.1, 0.15) is 5.69 Å². The van der Waals surface area contributed by atoms with Crippen molar-refractivity contribution in [3.63, 3.8) is 0 Å². The Morgan fingerprint density at radius 1 is 1.50 bits per heavy atom. The third-order valence-corrected chi connectivity index (χ3v) is 2.46. The van der Waals surface area contributed by atoms with Gasteiger partial charge in [-0.2, -0.15) is 0 Å². The van der Waals surface area contributed by atoms with Crippen molar-refractivity contribution in [3.05, 3.63) is 38.3 Å². The van der Waals surface area contributed by atoms with E-state index in [1.165, 1.54) is 0 Å². The minimum absolute atomic E-state index is 0.493. The number of nitrogens with zero attached hydrogens (tertiary/aromatic N) is 2. The molecule has 0 bridgehead atoms. The highest BCUT2D eigenvalue weighted by molar-refractivity contribution is 9.11. The molecule has 0 aromatic carbocycles. The summed E-state index contributed by atoms with van der Waals surface area (Å²) in [6.45, 7) is 7.13. The van der Waals surface area contributed by atoms with E-state index < -0.39 is 0 Å². The van der Waals surface area contributed by atoms with Gasteiger partial charge in [-0.3, -0.25) is 4.98 Å². The Kier molecular flexibility index (Phi) is 3.70. The minimum Gasteiger partial charge on any atom is -0.317 e. The first-order valence-electron chi connectivity index (χ1n) is 3.37. The van der Waals surface area contributed by atoms with E-state index in [4.69, 9.17) is 6.57 Å². The lowest BCUT2D eigenvalue weighted by Crippen LogP contribution is -1.93. The lowest BCUT2D eigenvalue weighted by atomic mass is 10.3. The normalized spacial score (nSPS) is 9.42. The maximum absolute atomic E-state index is 6.64. The zero-order chi connectivity index (χ0) is 8.97. The van der Waals surface area contributed by atoms with Gasteiger partial charge < -0.3 is 4.85 Å². The van der Waals surface area contributed by atoms with Gasteiger partial charge in [0.15, 0.2) is 0 Å². The summed E-state index contributed by atoms with van der Waals surface area (Å²) in [4.78, 5) is 7.45. The third kappa shape index (κ3) is 2.58. The molecule has 0 unspecified atom stereocenters. The summed E-state index contributed by atoms with van der Waals surface area (Å²) >= 11 is 6.69. The van der Waals surface area contributed by atoms with Gasteiger partial charge in [0, 0.05) is 15.1 Å². The van der Waals surface area contributed by atoms with E-state index in [1.54, 1.807) is 6.20 Å². The molecule has 0 saturated heterocycles. The number of aromatic nitrogens is 1. The average Bonchev–Trinajstić information content (AvgIpc) is 2.03. The van der Waals surface area contributed by atoms with Crippen molar-refractivity contribution in [3.8, 4) is 0 Å². The van der Waals surface area contributed by atoms with Crippen LogP contribution in [0, 0.1) is 6.57 Å². The van der Waals surface area contributed by atoms with Gasteiger partial charge in [-0.25, -0.2) is 6.57 Å². The molecule has 62 valence electrons. The largest absolute Gasteiger partial charge is 0.317 e. The van der Waals surface area contributed by atoms with Crippen LogP contribution in [0.25, 0.3) is 4.85 Å². The van der Waals surface area contributed by atoms with E-state index in [2.05, 4.69) is 41.7 Å². The molecule has 0 N–H and O–H groups in total. The standard InChI is InChI=1S/C8H6Br2N2/c1-11-3-2-8-7(10)4-6(9)5-12-8/h4-5H,2-3H2. The Balaban J connectivity index is 2.81. The van der Waals surface area contributed by atoms with Gasteiger partial charge in [0.2, 0.25) is 6.54 Å². The Bertz CT molecular complexity index is 317. The highest BCUT2D eigenvalue weighted by Crippen LogP contribution is 2.19. The van der Waals surface area contributed by atoms with Crippen LogP contribution in [0.3, 0.4) is 0 Å². The first-order chi connectivity index (χ1) is 5.74. The molecular formula is C8H6Br2N2. The summed E-state index contributed by atoms with van der Waals surface area (Å²) in [5.41, 5.74) is 0.939. The molecule has 0 amide bonds. The fourth-order valence-electron chi connectivity index (χ4n) is 0.789. The molecule has 2 nitrogen and oxygen atoms in total. The topological polar surface area (TPSA) is 17.2 Å². The van der Waals surface area contributed by atoms with E-state index in [0.717, 1.165) is 14.6 Å². The van der Waals surface area contributed by atoms with Gasteiger partial charge >= 0.3 is 0 Å². The van der Waals surface area contributed by atoms with Gasteiger partial charge in [-0.05, 0) is 37.9 Å². The second kappa shape index (κ2) is 4.58. The minimum atomic E-state index is 0.493. The Hall–Kier alpha value is -0.400. The maximum Gasteiger partial charge on any atom is 0.220 e. The van der Waals surface area contributed by atoms with Crippen molar-refractivity contribution in [1.82, 2.24) is 4.98 Å². The second-order valence-electron chi connectivity index (χ2n) is 2.21. The molecule has 0 saturated carbocycles. The molecule has 4 heteroatoms. The van der Waals surface area contributed by atoms with Crippen LogP contribution >= 0.6 is 31.9 Å². The van der Waals surface area contributed by atoms with E-state index in [0.29, 0.717) is 13.0 Å².